The molecule has 2 aromatic rings. The Hall–Kier alpha value is -6.23. The summed E-state index contributed by atoms with van der Waals surface area (Å²) in [5.74, 6) is 2.20. The minimum Gasteiger partial charge on any atom is -0.496 e. The standard InChI is InChI=1S/C36H46O5.C23H32O6/c1-5-36(38)41-23-9-7-6-8-22-40-34-19-12-29(13-20-34)24-28(3)32-17-15-31(16-18-32)27(2)10-11-30-14-21-35(39-4)33(25-30)26-37;1-4-22(25)28-16-8-6-5-7-15-27-18(2)9-10-19(3)29-23(26)21-13-11-20(17-24)12-14-21/h5,12-14,19-21,25-26,31-32H,1-3,6-11,15-18,22-24H2,4H3;4,9-10,17,20-21H,1-3,5-8,11-16H2/b;10-9-. The second-order valence-corrected chi connectivity index (χ2v) is 18.1. The van der Waals surface area contributed by atoms with Gasteiger partial charge >= 0.3 is 17.9 Å². The zero-order valence-electron chi connectivity index (χ0n) is 41.8. The number of esters is 3. The third-order valence-corrected chi connectivity index (χ3v) is 12.8. The van der Waals surface area contributed by atoms with Crippen molar-refractivity contribution in [3.05, 3.63) is 146 Å². The lowest BCUT2D eigenvalue weighted by Crippen LogP contribution is -2.23. The lowest BCUT2D eigenvalue weighted by atomic mass is 9.74. The van der Waals surface area contributed by atoms with Crippen molar-refractivity contribution in [3.63, 3.8) is 0 Å². The first-order chi connectivity index (χ1) is 33.9. The molecule has 0 aromatic heterocycles. The molecule has 2 fully saturated rings. The number of aldehydes is 2. The summed E-state index contributed by atoms with van der Waals surface area (Å²) in [7, 11) is 1.59. The third-order valence-electron chi connectivity index (χ3n) is 12.8. The van der Waals surface area contributed by atoms with Gasteiger partial charge in [-0.25, -0.2) is 9.59 Å². The number of carbonyl (C=O) groups is 5. The van der Waals surface area contributed by atoms with Gasteiger partial charge < -0.3 is 33.2 Å². The highest BCUT2D eigenvalue weighted by atomic mass is 16.5. The van der Waals surface area contributed by atoms with E-state index in [2.05, 4.69) is 63.7 Å². The zero-order chi connectivity index (χ0) is 50.9. The van der Waals surface area contributed by atoms with Gasteiger partial charge in [-0.05, 0) is 181 Å². The quantitative estimate of drug-likeness (QED) is 0.0101. The fourth-order valence-corrected chi connectivity index (χ4v) is 8.50. The lowest BCUT2D eigenvalue weighted by molar-refractivity contribution is -0.145. The van der Waals surface area contributed by atoms with Crippen LogP contribution in [0.4, 0.5) is 0 Å². The van der Waals surface area contributed by atoms with Gasteiger partial charge in [0.25, 0.3) is 0 Å². The van der Waals surface area contributed by atoms with E-state index in [9.17, 15) is 24.0 Å². The smallest absolute Gasteiger partial charge is 0.330 e. The number of hydrogen-bond acceptors (Lipinski definition) is 11. The molecular formula is C59H78O11. The molecule has 380 valence electrons. The molecule has 0 spiro atoms. The molecule has 0 saturated heterocycles. The molecule has 0 amide bonds. The highest BCUT2D eigenvalue weighted by molar-refractivity contribution is 5.81. The fraction of sp³-hybridized carbons (Fsp3) is 0.475. The van der Waals surface area contributed by atoms with Gasteiger partial charge in [0.1, 0.15) is 29.3 Å². The number of ether oxygens (including phenoxy) is 6. The van der Waals surface area contributed by atoms with Crippen molar-refractivity contribution in [2.75, 3.05) is 33.5 Å². The second-order valence-electron chi connectivity index (χ2n) is 18.1. The molecule has 2 aromatic carbocycles. The molecule has 4 rings (SSSR count). The molecular weight excluding hydrogens is 885 g/mol. The topological polar surface area (TPSA) is 141 Å². The number of aryl methyl sites for hydroxylation is 1. The van der Waals surface area contributed by atoms with Crippen LogP contribution >= 0.6 is 0 Å². The van der Waals surface area contributed by atoms with Gasteiger partial charge in [-0.2, -0.15) is 0 Å². The van der Waals surface area contributed by atoms with E-state index in [0.29, 0.717) is 68.2 Å². The summed E-state index contributed by atoms with van der Waals surface area (Å²) in [5.41, 5.74) is 5.67. The van der Waals surface area contributed by atoms with Gasteiger partial charge in [0, 0.05) is 18.1 Å². The Morgan fingerprint density at radius 3 is 1.66 bits per heavy atom. The first kappa shape index (κ1) is 58.1. The molecule has 0 unspecified atom stereocenters. The summed E-state index contributed by atoms with van der Waals surface area (Å²) >= 11 is 0. The minimum atomic E-state index is -0.394. The molecule has 2 saturated carbocycles. The van der Waals surface area contributed by atoms with Crippen LogP contribution in [-0.4, -0.2) is 64.0 Å². The van der Waals surface area contributed by atoms with E-state index in [4.69, 9.17) is 28.4 Å². The Morgan fingerprint density at radius 2 is 1.11 bits per heavy atom. The normalized spacial score (nSPS) is 17.3. The Kier molecular flexibility index (Phi) is 28.3. The Bertz CT molecular complexity index is 2040. The van der Waals surface area contributed by atoms with Crippen LogP contribution in [0.3, 0.4) is 0 Å². The molecule has 11 nitrogen and oxygen atoms in total. The van der Waals surface area contributed by atoms with Crippen molar-refractivity contribution in [2.45, 2.75) is 122 Å². The van der Waals surface area contributed by atoms with Crippen LogP contribution < -0.4 is 9.47 Å². The number of methoxy groups -OCH3 is 1. The molecule has 2 aliphatic carbocycles. The number of allylic oxidation sites excluding steroid dienone is 4. The summed E-state index contributed by atoms with van der Waals surface area (Å²) in [6.45, 7) is 25.2. The minimum absolute atomic E-state index is 0.0670. The largest absolute Gasteiger partial charge is 0.496 e. The lowest BCUT2D eigenvalue weighted by Gasteiger charge is -2.31. The Balaban J connectivity index is 0.000000394. The van der Waals surface area contributed by atoms with Crippen LogP contribution in [0.15, 0.2) is 129 Å². The fourth-order valence-electron chi connectivity index (χ4n) is 8.50. The maximum Gasteiger partial charge on any atom is 0.330 e. The van der Waals surface area contributed by atoms with Crippen LogP contribution in [0, 0.1) is 23.7 Å². The molecule has 0 heterocycles. The van der Waals surface area contributed by atoms with Gasteiger partial charge in [0.15, 0.2) is 6.29 Å². The van der Waals surface area contributed by atoms with E-state index in [1.54, 1.807) is 19.3 Å². The molecule has 0 N–H and O–H groups in total. The number of carbonyl (C=O) groups excluding carboxylic acids is 5. The van der Waals surface area contributed by atoms with Crippen LogP contribution in [0.2, 0.25) is 0 Å². The Labute approximate surface area is 417 Å². The average molecular weight is 963 g/mol. The SMILES string of the molecule is C=CC(=O)OCCCCCCOC(=C)/C=C\C(=C)OC(=O)C1CCC(C=O)CC1.C=CC(=O)OCCCCCCOc1ccc(CC(=C)C2CCC(C(=C)CCc3ccc(OC)c(C=O)c3)CC2)cc1. The molecule has 0 radical (unpaired) electrons. The predicted octanol–water partition coefficient (Wildman–Crippen LogP) is 12.7. The molecule has 11 heteroatoms. The highest BCUT2D eigenvalue weighted by Crippen LogP contribution is 2.38. The number of benzene rings is 2. The molecule has 0 atom stereocenters. The molecule has 0 bridgehead atoms. The van der Waals surface area contributed by atoms with Crippen LogP contribution in [0.1, 0.15) is 131 Å². The van der Waals surface area contributed by atoms with Gasteiger partial charge in [-0.3, -0.25) is 9.59 Å². The number of rotatable bonds is 32. The number of unbranched alkanes of at least 4 members (excludes halogenated alkanes) is 6. The van der Waals surface area contributed by atoms with Gasteiger partial charge in [-0.1, -0.05) is 68.8 Å². The number of hydrogen-bond donors (Lipinski definition) is 0. The van der Waals surface area contributed by atoms with Crippen LogP contribution in [0.5, 0.6) is 11.5 Å². The van der Waals surface area contributed by atoms with E-state index >= 15 is 0 Å². The van der Waals surface area contributed by atoms with E-state index in [0.717, 1.165) is 139 Å². The van der Waals surface area contributed by atoms with Crippen LogP contribution in [0.25, 0.3) is 0 Å². The molecule has 70 heavy (non-hydrogen) atoms. The summed E-state index contributed by atoms with van der Waals surface area (Å²) in [6, 6.07) is 14.2. The Morgan fingerprint density at radius 1 is 0.600 bits per heavy atom. The van der Waals surface area contributed by atoms with Crippen molar-refractivity contribution >= 4 is 30.5 Å². The maximum absolute atomic E-state index is 12.1. The zero-order valence-corrected chi connectivity index (χ0v) is 41.8. The summed E-state index contributed by atoms with van der Waals surface area (Å²) in [5, 5.41) is 0. The van der Waals surface area contributed by atoms with E-state index in [1.165, 1.54) is 22.8 Å². The maximum atomic E-state index is 12.1. The van der Waals surface area contributed by atoms with Crippen molar-refractivity contribution in [1.82, 2.24) is 0 Å². The van der Waals surface area contributed by atoms with Crippen molar-refractivity contribution in [1.29, 1.82) is 0 Å². The monoisotopic (exact) mass is 963 g/mol. The summed E-state index contributed by atoms with van der Waals surface area (Å²) < 4.78 is 31.8. The van der Waals surface area contributed by atoms with Crippen molar-refractivity contribution in [3.8, 4) is 11.5 Å². The predicted molar refractivity (Wildman–Crippen MR) is 276 cm³/mol. The van der Waals surface area contributed by atoms with Crippen molar-refractivity contribution < 1.29 is 52.4 Å². The van der Waals surface area contributed by atoms with Crippen molar-refractivity contribution in [2.24, 2.45) is 23.7 Å². The van der Waals surface area contributed by atoms with E-state index < -0.39 is 5.97 Å². The van der Waals surface area contributed by atoms with E-state index in [-0.39, 0.29) is 29.5 Å². The molecule has 0 aliphatic heterocycles. The second kappa shape index (κ2) is 34.1. The highest BCUT2D eigenvalue weighted by Gasteiger charge is 2.28. The van der Waals surface area contributed by atoms with Gasteiger partial charge in [0.2, 0.25) is 0 Å². The summed E-state index contributed by atoms with van der Waals surface area (Å²) in [6.07, 6.45) is 25.0. The molecule has 2 aliphatic rings. The summed E-state index contributed by atoms with van der Waals surface area (Å²) in [4.78, 5) is 56.1. The first-order valence-corrected chi connectivity index (χ1v) is 25.0. The van der Waals surface area contributed by atoms with Gasteiger partial charge in [0.05, 0.1) is 45.0 Å². The third kappa shape index (κ3) is 23.4. The first-order valence-electron chi connectivity index (χ1n) is 25.0. The van der Waals surface area contributed by atoms with E-state index in [1.807, 2.05) is 18.2 Å². The van der Waals surface area contributed by atoms with Gasteiger partial charge in [-0.15, -0.1) is 0 Å². The van der Waals surface area contributed by atoms with Crippen LogP contribution in [-0.2, 0) is 51.0 Å². The average Bonchev–Trinajstić information content (AvgIpc) is 3.39.